The van der Waals surface area contributed by atoms with Gasteiger partial charge in [0.15, 0.2) is 0 Å². The summed E-state index contributed by atoms with van der Waals surface area (Å²) < 4.78 is 11.2. The van der Waals surface area contributed by atoms with E-state index in [9.17, 15) is 3.50 Å². The molecule has 0 fully saturated rings. The Morgan fingerprint density at radius 2 is 1.38 bits per heavy atom. The molecule has 0 aromatic rings. The average molecular weight is 374 g/mol. The van der Waals surface area contributed by atoms with Crippen molar-refractivity contribution in [1.29, 1.82) is 0 Å². The number of hydrogen-bond donors (Lipinski definition) is 3. The van der Waals surface area contributed by atoms with E-state index in [4.69, 9.17) is 15.3 Å². The third-order valence-electron chi connectivity index (χ3n) is 0.586. The largest absolute Gasteiger partial charge is 0 e. The predicted octanol–water partition coefficient (Wildman–Crippen LogP) is 1.34. The third kappa shape index (κ3) is 84.7. The van der Waals surface area contributed by atoms with E-state index in [1.165, 1.54) is 0 Å². The second-order valence-electron chi connectivity index (χ2n) is 1.88. The zero-order chi connectivity index (χ0) is 13.1. The van der Waals surface area contributed by atoms with Crippen LogP contribution in [0.2, 0.25) is 11.5 Å². The summed E-state index contributed by atoms with van der Waals surface area (Å²) in [5, 5.41) is 21.0. The summed E-state index contributed by atoms with van der Waals surface area (Å²) in [6, 6.07) is 0. The Kier molecular flexibility index (Phi) is 84.2. The van der Waals surface area contributed by atoms with Gasteiger partial charge in [0.05, 0.1) is 0 Å². The Morgan fingerprint density at radius 1 is 1.06 bits per heavy atom. The van der Waals surface area contributed by atoms with Gasteiger partial charge in [-0.05, 0) is 0 Å². The number of halogens is 1. The molecule has 0 heterocycles. The Morgan fingerprint density at radius 3 is 1.44 bits per heavy atom. The molecule has 1 radical (unpaired) electrons. The van der Waals surface area contributed by atoms with Gasteiger partial charge in [-0.25, -0.2) is 12.2 Å². The average Bonchev–Trinajstić information content (AvgIpc) is 2.83. The molecule has 6 heteroatoms. The summed E-state index contributed by atoms with van der Waals surface area (Å²) in [6.07, 6.45) is 10.0. The second kappa shape index (κ2) is 44.8. The van der Waals surface area contributed by atoms with Crippen molar-refractivity contribution in [1.82, 2.24) is 0 Å². The van der Waals surface area contributed by atoms with E-state index in [1.54, 1.807) is 11.5 Å². The van der Waals surface area contributed by atoms with Crippen LogP contribution >= 0.6 is 0 Å². The summed E-state index contributed by atoms with van der Waals surface area (Å²) in [6.45, 7) is 0. The zero-order valence-electron chi connectivity index (χ0n) is 10.7. The molecule has 0 saturated carbocycles. The van der Waals surface area contributed by atoms with Crippen LogP contribution in [0.3, 0.4) is 0 Å². The van der Waals surface area contributed by atoms with Gasteiger partial charge in [-0.15, -0.1) is 6.42 Å². The van der Waals surface area contributed by atoms with Gasteiger partial charge in [0.2, 0.25) is 0 Å². The van der Waals surface area contributed by atoms with Crippen molar-refractivity contribution in [2.24, 2.45) is 0 Å². The van der Waals surface area contributed by atoms with Crippen LogP contribution in [0, 0.1) is 6.08 Å². The van der Waals surface area contributed by atoms with Crippen LogP contribution < -0.4 is 0 Å². The predicted molar refractivity (Wildman–Crippen MR) is 64.6 cm³/mol. The Hall–Kier alpha value is 0.716. The molecule has 0 amide bonds. The van der Waals surface area contributed by atoms with Gasteiger partial charge in [0.1, 0.15) is 0 Å². The van der Waals surface area contributed by atoms with Crippen molar-refractivity contribution in [2.45, 2.75) is 17.9 Å². The number of aliphatic hydroxyl groups is 3. The molecule has 0 bridgehead atoms. The SMILES string of the molecule is CO.CO.CO.[C-]1=CC=CC1.[CH3][Ge]([CH3])[F].[Zr]. The minimum atomic E-state index is -1.83. The van der Waals surface area contributed by atoms with Gasteiger partial charge < -0.3 is 15.3 Å². The van der Waals surface area contributed by atoms with Gasteiger partial charge >= 0.3 is 29.8 Å². The Balaban J connectivity index is -0.0000000337. The van der Waals surface area contributed by atoms with Crippen LogP contribution in [0.25, 0.3) is 0 Å². The van der Waals surface area contributed by atoms with Crippen molar-refractivity contribution in [3.8, 4) is 0 Å². The first-order valence-electron chi connectivity index (χ1n) is 4.25. The van der Waals surface area contributed by atoms with E-state index in [1.807, 2.05) is 12.2 Å². The number of rotatable bonds is 0. The number of hydrogen-bond acceptors (Lipinski definition) is 3. The van der Waals surface area contributed by atoms with E-state index < -0.39 is 14.8 Å². The van der Waals surface area contributed by atoms with Crippen LogP contribution in [0.5, 0.6) is 0 Å². The maximum absolute atomic E-state index is 11.2. The van der Waals surface area contributed by atoms with E-state index in [0.29, 0.717) is 0 Å². The van der Waals surface area contributed by atoms with E-state index in [-0.39, 0.29) is 26.2 Å². The molecule has 0 aromatic carbocycles. The zero-order valence-corrected chi connectivity index (χ0v) is 15.2. The van der Waals surface area contributed by atoms with E-state index in [2.05, 4.69) is 12.2 Å². The normalized spacial score (nSPS) is 8.88. The van der Waals surface area contributed by atoms with Gasteiger partial charge in [-0.3, -0.25) is 6.08 Å². The van der Waals surface area contributed by atoms with Crippen LogP contribution in [-0.4, -0.2) is 51.5 Å². The van der Waals surface area contributed by atoms with Crippen LogP contribution in [0.1, 0.15) is 6.42 Å². The molecule has 0 saturated heterocycles. The monoisotopic (exact) mass is 374 g/mol. The maximum atomic E-state index is 11.2. The molecular weight excluding hydrogens is 351 g/mol. The van der Waals surface area contributed by atoms with Gasteiger partial charge in [0, 0.05) is 47.5 Å². The van der Waals surface area contributed by atoms with Crippen molar-refractivity contribution in [3.63, 3.8) is 0 Å². The number of aliphatic hydroxyl groups excluding tert-OH is 3. The second-order valence-corrected chi connectivity index (χ2v) is 5.57. The molecule has 0 unspecified atom stereocenters. The third-order valence-corrected chi connectivity index (χ3v) is 0.586. The van der Waals surface area contributed by atoms with Crippen molar-refractivity contribution < 1.29 is 45.0 Å². The smallest absolute Gasteiger partial charge is 0 e. The van der Waals surface area contributed by atoms with Gasteiger partial charge in [0.25, 0.3) is 0 Å². The molecule has 3 N–H and O–H groups in total. The molecular formula is C10H23FGeO3Zr-. The van der Waals surface area contributed by atoms with Crippen molar-refractivity contribution >= 4 is 14.8 Å². The summed E-state index contributed by atoms with van der Waals surface area (Å²) in [7, 11) is 3.00. The Bertz CT molecular complexity index is 110. The fraction of sp³-hybridized carbons (Fsp3) is 0.600. The molecule has 97 valence electrons. The van der Waals surface area contributed by atoms with Crippen LogP contribution in [0.15, 0.2) is 18.2 Å². The topological polar surface area (TPSA) is 60.7 Å². The van der Waals surface area contributed by atoms with Crippen LogP contribution in [-0.2, 0) is 26.2 Å². The fourth-order valence-electron chi connectivity index (χ4n) is 0.340. The first-order chi connectivity index (χ1) is 7.23. The minimum absolute atomic E-state index is 0. The number of allylic oxidation sites excluding steroid dienone is 4. The molecule has 1 rings (SSSR count). The summed E-state index contributed by atoms with van der Waals surface area (Å²) in [5.74, 6) is 3.33. The minimum Gasteiger partial charge on any atom is 0 e. The van der Waals surface area contributed by atoms with Gasteiger partial charge in [-0.2, -0.15) is 6.08 Å². The molecule has 1 aliphatic rings. The maximum Gasteiger partial charge on any atom is 0 e. The van der Waals surface area contributed by atoms with Crippen molar-refractivity contribution in [3.05, 3.63) is 24.3 Å². The quantitative estimate of drug-likeness (QED) is 0.443. The van der Waals surface area contributed by atoms with Crippen molar-refractivity contribution in [2.75, 3.05) is 21.3 Å². The molecule has 0 aromatic heterocycles. The summed E-state index contributed by atoms with van der Waals surface area (Å²) in [5.41, 5.74) is 0. The van der Waals surface area contributed by atoms with E-state index in [0.717, 1.165) is 27.8 Å². The van der Waals surface area contributed by atoms with Crippen LogP contribution in [0.4, 0.5) is 3.50 Å². The first-order valence-corrected chi connectivity index (χ1v) is 9.24. The standard InChI is InChI=1S/C5H5.C2H6FGe.3CH4O.Zr/c1-2-4-5-3-1;1-4(2)3;3*1-2;/h1-3H,4H2;1-2H3;3*2H,1H3;/q-1;;;;;. The van der Waals surface area contributed by atoms with E-state index >= 15 is 0 Å². The molecule has 0 spiro atoms. The molecule has 0 atom stereocenters. The summed E-state index contributed by atoms with van der Waals surface area (Å²) in [4.78, 5) is 0. The summed E-state index contributed by atoms with van der Waals surface area (Å²) >= 11 is -1.83. The van der Waals surface area contributed by atoms with Gasteiger partial charge in [-0.1, -0.05) is 0 Å². The Labute approximate surface area is 123 Å². The molecule has 3 nitrogen and oxygen atoms in total. The fourth-order valence-corrected chi connectivity index (χ4v) is 0.340. The molecule has 0 aliphatic heterocycles. The first kappa shape index (κ1) is 30.1. The molecule has 16 heavy (non-hydrogen) atoms. The molecule has 1 aliphatic carbocycles.